The third-order valence-corrected chi connectivity index (χ3v) is 8.02. The highest BCUT2D eigenvalue weighted by Gasteiger charge is 2.47. The Kier molecular flexibility index (Phi) is 4.30. The van der Waals surface area contributed by atoms with Gasteiger partial charge in [-0.25, -0.2) is 17.7 Å². The van der Waals surface area contributed by atoms with Gasteiger partial charge in [-0.15, -0.1) is 22.7 Å². The Hall–Kier alpha value is -1.29. The summed E-state index contributed by atoms with van der Waals surface area (Å²) < 4.78 is 24.8. The van der Waals surface area contributed by atoms with Gasteiger partial charge in [0.1, 0.15) is 0 Å². The van der Waals surface area contributed by atoms with Crippen LogP contribution in [0.3, 0.4) is 0 Å². The number of thiazole rings is 1. The number of hydrogen-bond donors (Lipinski definition) is 1. The number of amides is 1. The zero-order valence-electron chi connectivity index (χ0n) is 12.8. The maximum Gasteiger partial charge on any atom is 0.248 e. The van der Waals surface area contributed by atoms with Gasteiger partial charge < -0.3 is 5.32 Å². The molecular weight excluding hydrogens is 354 g/mol. The van der Waals surface area contributed by atoms with Gasteiger partial charge in [-0.2, -0.15) is 0 Å². The van der Waals surface area contributed by atoms with Crippen molar-refractivity contribution in [3.8, 4) is 10.6 Å². The van der Waals surface area contributed by atoms with E-state index in [9.17, 15) is 13.2 Å². The van der Waals surface area contributed by atoms with E-state index >= 15 is 0 Å². The molecule has 23 heavy (non-hydrogen) atoms. The second-order valence-corrected chi connectivity index (χ2v) is 10.0. The number of anilines is 1. The fourth-order valence-electron chi connectivity index (χ4n) is 2.08. The maximum atomic E-state index is 12.5. The molecule has 6 nitrogen and oxygen atoms in total. The van der Waals surface area contributed by atoms with Crippen molar-refractivity contribution in [3.63, 3.8) is 0 Å². The summed E-state index contributed by atoms with van der Waals surface area (Å²) in [5.41, 5.74) is 0.781. The van der Waals surface area contributed by atoms with Gasteiger partial charge in [0.15, 0.2) is 9.88 Å². The van der Waals surface area contributed by atoms with Crippen molar-refractivity contribution < 1.29 is 13.2 Å². The lowest BCUT2D eigenvalue weighted by molar-refractivity contribution is -0.118. The largest absolute Gasteiger partial charge is 0.301 e. The van der Waals surface area contributed by atoms with Gasteiger partial charge in [-0.05, 0) is 31.7 Å². The number of rotatable bonds is 5. The molecule has 2 aromatic heterocycles. The van der Waals surface area contributed by atoms with E-state index in [4.69, 9.17) is 0 Å². The van der Waals surface area contributed by atoms with Crippen molar-refractivity contribution in [2.45, 2.75) is 25.0 Å². The lowest BCUT2D eigenvalue weighted by Crippen LogP contribution is -2.55. The Morgan fingerprint density at radius 3 is 2.65 bits per heavy atom. The molecule has 1 aliphatic rings. The van der Waals surface area contributed by atoms with Crippen LogP contribution in [0.5, 0.6) is 0 Å². The highest BCUT2D eigenvalue weighted by molar-refractivity contribution is 7.91. The second-order valence-electron chi connectivity index (χ2n) is 5.74. The number of nitrogens with zero attached hydrogens (tertiary/aromatic N) is 2. The number of carbonyl (C=O) groups is 1. The Labute approximate surface area is 143 Å². The molecule has 0 aliphatic carbocycles. The van der Waals surface area contributed by atoms with E-state index in [0.717, 1.165) is 17.0 Å². The van der Waals surface area contributed by atoms with Crippen molar-refractivity contribution in [2.24, 2.45) is 0 Å². The number of thiophene rings is 1. The molecular formula is C14H17N3O3S3. The Morgan fingerprint density at radius 1 is 1.35 bits per heavy atom. The highest BCUT2D eigenvalue weighted by Crippen LogP contribution is 2.30. The van der Waals surface area contributed by atoms with Crippen molar-refractivity contribution in [2.75, 3.05) is 18.4 Å². The molecule has 0 spiro atoms. The molecule has 1 aliphatic heterocycles. The first-order valence-electron chi connectivity index (χ1n) is 7.13. The number of aromatic nitrogens is 1. The third-order valence-electron chi connectivity index (χ3n) is 3.84. The lowest BCUT2D eigenvalue weighted by atomic mass is 10.2. The molecule has 0 aromatic carbocycles. The van der Waals surface area contributed by atoms with Gasteiger partial charge in [0.25, 0.3) is 0 Å². The van der Waals surface area contributed by atoms with E-state index in [1.54, 1.807) is 11.3 Å². The average molecular weight is 372 g/mol. The standard InChI is InChI=1S/C14H17N3O3S3/c1-14(2,23(19,20)17-6-4-7-17)12(18)16-13-15-10(9-22-13)11-5-3-8-21-11/h3,5,8-9H,4,6-7H2,1-2H3,(H,15,16,18). The van der Waals surface area contributed by atoms with Crippen LogP contribution in [0.15, 0.2) is 22.9 Å². The monoisotopic (exact) mass is 371 g/mol. The number of carbonyl (C=O) groups excluding carboxylic acids is 1. The predicted molar refractivity (Wildman–Crippen MR) is 93.2 cm³/mol. The van der Waals surface area contributed by atoms with Crippen LogP contribution in [-0.2, 0) is 14.8 Å². The fourth-order valence-corrected chi connectivity index (χ4v) is 5.22. The molecule has 1 fully saturated rings. The molecule has 0 atom stereocenters. The smallest absolute Gasteiger partial charge is 0.248 e. The van der Waals surface area contributed by atoms with Crippen LogP contribution in [-0.4, -0.2) is 41.5 Å². The molecule has 3 rings (SSSR count). The highest BCUT2D eigenvalue weighted by atomic mass is 32.2. The molecule has 1 amide bonds. The molecule has 0 bridgehead atoms. The van der Waals surface area contributed by atoms with Crippen molar-refractivity contribution in [3.05, 3.63) is 22.9 Å². The molecule has 1 N–H and O–H groups in total. The molecule has 9 heteroatoms. The summed E-state index contributed by atoms with van der Waals surface area (Å²) in [6.07, 6.45) is 0.841. The minimum absolute atomic E-state index is 0.408. The zero-order chi connectivity index (χ0) is 16.7. The van der Waals surface area contributed by atoms with Gasteiger partial charge in [-0.1, -0.05) is 6.07 Å². The molecule has 0 saturated carbocycles. The van der Waals surface area contributed by atoms with Crippen molar-refractivity contribution in [1.82, 2.24) is 9.29 Å². The lowest BCUT2D eigenvalue weighted by Gasteiger charge is -2.36. The SMILES string of the molecule is CC(C)(C(=O)Nc1nc(-c2cccs2)cs1)S(=O)(=O)N1CCC1. The Balaban J connectivity index is 1.76. The van der Waals surface area contributed by atoms with Crippen LogP contribution in [0.1, 0.15) is 20.3 Å². The second kappa shape index (κ2) is 5.97. The first kappa shape index (κ1) is 16.6. The molecule has 3 heterocycles. The maximum absolute atomic E-state index is 12.5. The first-order valence-corrected chi connectivity index (χ1v) is 10.3. The summed E-state index contributed by atoms with van der Waals surface area (Å²) in [6, 6.07) is 3.88. The van der Waals surface area contributed by atoms with Gasteiger partial charge >= 0.3 is 0 Å². The van der Waals surface area contributed by atoms with Crippen LogP contribution in [0.25, 0.3) is 10.6 Å². The minimum Gasteiger partial charge on any atom is -0.301 e. The summed E-state index contributed by atoms with van der Waals surface area (Å²) in [5, 5.41) is 6.85. The van der Waals surface area contributed by atoms with E-state index in [1.165, 1.54) is 29.5 Å². The molecule has 0 radical (unpaired) electrons. The summed E-state index contributed by atoms with van der Waals surface area (Å²) in [4.78, 5) is 17.8. The van der Waals surface area contributed by atoms with Crippen LogP contribution < -0.4 is 5.32 Å². The van der Waals surface area contributed by atoms with Crippen molar-refractivity contribution in [1.29, 1.82) is 0 Å². The Morgan fingerprint density at radius 2 is 2.09 bits per heavy atom. The minimum atomic E-state index is -3.66. The first-order chi connectivity index (χ1) is 10.8. The average Bonchev–Trinajstić information content (AvgIpc) is 3.05. The van der Waals surface area contributed by atoms with Gasteiger partial charge in [-0.3, -0.25) is 4.79 Å². The van der Waals surface area contributed by atoms with E-state index in [-0.39, 0.29) is 0 Å². The van der Waals surface area contributed by atoms with E-state index in [1.807, 2.05) is 22.9 Å². The topological polar surface area (TPSA) is 79.4 Å². The molecule has 2 aromatic rings. The van der Waals surface area contributed by atoms with Gasteiger partial charge in [0.05, 0.1) is 10.6 Å². The molecule has 0 unspecified atom stereocenters. The summed E-state index contributed by atoms with van der Waals surface area (Å²) in [6.45, 7) is 3.84. The van der Waals surface area contributed by atoms with E-state index in [0.29, 0.717) is 18.2 Å². The number of hydrogen-bond acceptors (Lipinski definition) is 6. The molecule has 1 saturated heterocycles. The normalized spacial score (nSPS) is 16.1. The summed E-state index contributed by atoms with van der Waals surface area (Å²) >= 11 is 2.85. The quantitative estimate of drug-likeness (QED) is 0.876. The van der Waals surface area contributed by atoms with Gasteiger partial charge in [0, 0.05) is 18.5 Å². The van der Waals surface area contributed by atoms with Crippen LogP contribution in [0.2, 0.25) is 0 Å². The molecule has 124 valence electrons. The summed E-state index contributed by atoms with van der Waals surface area (Å²) in [7, 11) is -3.66. The van der Waals surface area contributed by atoms with E-state index < -0.39 is 20.7 Å². The third kappa shape index (κ3) is 2.93. The number of nitrogens with one attached hydrogen (secondary N) is 1. The van der Waals surface area contributed by atoms with Crippen LogP contribution >= 0.6 is 22.7 Å². The van der Waals surface area contributed by atoms with Crippen LogP contribution in [0.4, 0.5) is 5.13 Å². The predicted octanol–water partition coefficient (Wildman–Crippen LogP) is 2.62. The fraction of sp³-hybridized carbons (Fsp3) is 0.429. The summed E-state index contributed by atoms with van der Waals surface area (Å²) in [5.74, 6) is -0.559. The van der Waals surface area contributed by atoms with Gasteiger partial charge in [0.2, 0.25) is 15.9 Å². The number of sulfonamides is 1. The zero-order valence-corrected chi connectivity index (χ0v) is 15.2. The van der Waals surface area contributed by atoms with E-state index in [2.05, 4.69) is 10.3 Å². The Bertz CT molecular complexity index is 805. The van der Waals surface area contributed by atoms with Crippen molar-refractivity contribution >= 4 is 43.7 Å². The van der Waals surface area contributed by atoms with Crippen LogP contribution in [0, 0.1) is 0 Å².